The van der Waals surface area contributed by atoms with E-state index >= 15 is 0 Å². The topological polar surface area (TPSA) is 81.0 Å². The first-order chi connectivity index (χ1) is 9.02. The number of rotatable bonds is 3. The first-order valence-electron chi connectivity index (χ1n) is 5.49. The van der Waals surface area contributed by atoms with Crippen LogP contribution in [0.15, 0.2) is 28.7 Å². The Morgan fingerprint density at radius 2 is 2.11 bits per heavy atom. The third kappa shape index (κ3) is 2.70. The molecule has 7 heteroatoms. The maximum atomic E-state index is 10.8. The molecule has 0 aliphatic rings. The fraction of sp³-hybridized carbons (Fsp3) is 0.167. The van der Waals surface area contributed by atoms with E-state index in [9.17, 15) is 10.1 Å². The quantitative estimate of drug-likeness (QED) is 0.693. The zero-order valence-electron chi connectivity index (χ0n) is 10.3. The maximum Gasteiger partial charge on any atom is 0.270 e. The van der Waals surface area contributed by atoms with Gasteiger partial charge in [-0.05, 0) is 22.9 Å². The highest BCUT2D eigenvalue weighted by Gasteiger charge is 2.12. The van der Waals surface area contributed by atoms with Gasteiger partial charge >= 0.3 is 0 Å². The number of hydrogen-bond acceptors (Lipinski definition) is 5. The van der Waals surface area contributed by atoms with Crippen molar-refractivity contribution in [3.8, 4) is 11.4 Å². The number of anilines is 1. The van der Waals surface area contributed by atoms with Crippen molar-refractivity contribution in [2.24, 2.45) is 0 Å². The summed E-state index contributed by atoms with van der Waals surface area (Å²) in [5, 5.41) is 13.7. The van der Waals surface area contributed by atoms with Gasteiger partial charge in [0.05, 0.1) is 15.1 Å². The molecule has 0 aliphatic carbocycles. The molecule has 0 spiro atoms. The van der Waals surface area contributed by atoms with Crippen LogP contribution in [-0.2, 0) is 0 Å². The number of non-ortho nitro benzene ring substituents is 1. The molecular weight excluding hydrogens is 312 g/mol. The molecule has 0 aliphatic heterocycles. The number of nitrogens with one attached hydrogen (secondary N) is 1. The van der Waals surface area contributed by atoms with Crippen molar-refractivity contribution in [2.75, 3.05) is 12.4 Å². The minimum Gasteiger partial charge on any atom is -0.372 e. The second-order valence-corrected chi connectivity index (χ2v) is 4.65. The number of nitro benzene ring substituents is 1. The molecule has 0 radical (unpaired) electrons. The zero-order chi connectivity index (χ0) is 14.0. The van der Waals surface area contributed by atoms with Gasteiger partial charge in [-0.15, -0.1) is 0 Å². The largest absolute Gasteiger partial charge is 0.372 e. The summed E-state index contributed by atoms with van der Waals surface area (Å²) in [6.45, 7) is 1.84. The molecule has 2 rings (SSSR count). The number of halogens is 1. The molecule has 98 valence electrons. The van der Waals surface area contributed by atoms with Crippen molar-refractivity contribution in [1.29, 1.82) is 0 Å². The van der Waals surface area contributed by atoms with Crippen LogP contribution >= 0.6 is 15.9 Å². The van der Waals surface area contributed by atoms with Gasteiger partial charge in [-0.2, -0.15) is 0 Å². The molecule has 1 aromatic carbocycles. The van der Waals surface area contributed by atoms with Crippen LogP contribution in [0.1, 0.15) is 5.69 Å². The lowest BCUT2D eigenvalue weighted by Crippen LogP contribution is -2.01. The van der Waals surface area contributed by atoms with E-state index in [1.807, 2.05) is 6.92 Å². The van der Waals surface area contributed by atoms with Crippen LogP contribution < -0.4 is 5.32 Å². The fourth-order valence-corrected chi connectivity index (χ4v) is 1.99. The van der Waals surface area contributed by atoms with Gasteiger partial charge in [0.15, 0.2) is 5.82 Å². The molecule has 0 bridgehead atoms. The lowest BCUT2D eigenvalue weighted by Gasteiger charge is -2.08. The zero-order valence-corrected chi connectivity index (χ0v) is 11.9. The van der Waals surface area contributed by atoms with Crippen LogP contribution in [0.2, 0.25) is 0 Å². The number of nitro groups is 1. The van der Waals surface area contributed by atoms with Gasteiger partial charge in [0.25, 0.3) is 5.69 Å². The average molecular weight is 323 g/mol. The van der Waals surface area contributed by atoms with Gasteiger partial charge in [-0.3, -0.25) is 10.1 Å². The van der Waals surface area contributed by atoms with Crippen molar-refractivity contribution in [3.05, 3.63) is 44.5 Å². The van der Waals surface area contributed by atoms with E-state index in [1.165, 1.54) is 12.1 Å². The van der Waals surface area contributed by atoms with Crippen molar-refractivity contribution < 1.29 is 4.92 Å². The van der Waals surface area contributed by atoms with Crippen molar-refractivity contribution in [2.45, 2.75) is 6.92 Å². The van der Waals surface area contributed by atoms with Crippen molar-refractivity contribution in [3.63, 3.8) is 0 Å². The Bertz CT molecular complexity index is 646. The molecule has 0 saturated heterocycles. The molecule has 1 N–H and O–H groups in total. The van der Waals surface area contributed by atoms with Crippen molar-refractivity contribution >= 4 is 27.4 Å². The highest BCUT2D eigenvalue weighted by atomic mass is 79.9. The highest BCUT2D eigenvalue weighted by Crippen LogP contribution is 2.27. The molecule has 19 heavy (non-hydrogen) atoms. The summed E-state index contributed by atoms with van der Waals surface area (Å²) in [5.74, 6) is 1.10. The lowest BCUT2D eigenvalue weighted by molar-refractivity contribution is -0.384. The summed E-state index contributed by atoms with van der Waals surface area (Å²) in [6.07, 6.45) is 0. The smallest absolute Gasteiger partial charge is 0.270 e. The first-order valence-corrected chi connectivity index (χ1v) is 6.29. The van der Waals surface area contributed by atoms with Crippen LogP contribution in [0.4, 0.5) is 11.5 Å². The van der Waals surface area contributed by atoms with Crippen LogP contribution in [0.5, 0.6) is 0 Å². The molecule has 2 aromatic rings. The minimum atomic E-state index is -0.436. The number of benzene rings is 1. The highest BCUT2D eigenvalue weighted by molar-refractivity contribution is 9.10. The van der Waals surface area contributed by atoms with Crippen LogP contribution in [0.25, 0.3) is 11.4 Å². The standard InChI is InChI=1S/C12H11BrN4O2/c1-7-10(13)12(14-2)16-11(15-7)8-4-3-5-9(6-8)17(18)19/h3-6H,1-2H3,(H,14,15,16). The average Bonchev–Trinajstić information content (AvgIpc) is 2.41. The number of aromatic nitrogens is 2. The maximum absolute atomic E-state index is 10.8. The Labute approximate surface area is 118 Å². The Morgan fingerprint density at radius 1 is 1.37 bits per heavy atom. The summed E-state index contributed by atoms with van der Waals surface area (Å²) in [6, 6.07) is 6.26. The van der Waals surface area contributed by atoms with E-state index in [0.29, 0.717) is 17.2 Å². The third-order valence-electron chi connectivity index (χ3n) is 2.57. The Morgan fingerprint density at radius 3 is 2.74 bits per heavy atom. The molecule has 1 heterocycles. The Kier molecular flexibility index (Phi) is 3.75. The number of nitrogens with zero attached hydrogens (tertiary/aromatic N) is 3. The Hall–Kier alpha value is -2.02. The molecular formula is C12H11BrN4O2. The summed E-state index contributed by atoms with van der Waals surface area (Å²) in [7, 11) is 1.75. The van der Waals surface area contributed by atoms with E-state index in [2.05, 4.69) is 31.2 Å². The predicted octanol–water partition coefficient (Wildman–Crippen LogP) is 3.16. The van der Waals surface area contributed by atoms with Gasteiger partial charge < -0.3 is 5.32 Å². The van der Waals surface area contributed by atoms with E-state index in [4.69, 9.17) is 0 Å². The number of hydrogen-bond donors (Lipinski definition) is 1. The van der Waals surface area contributed by atoms with E-state index in [0.717, 1.165) is 10.2 Å². The molecule has 0 fully saturated rings. The van der Waals surface area contributed by atoms with Crippen LogP contribution in [0.3, 0.4) is 0 Å². The normalized spacial score (nSPS) is 10.3. The summed E-state index contributed by atoms with van der Waals surface area (Å²) in [4.78, 5) is 19.0. The van der Waals surface area contributed by atoms with Crippen LogP contribution in [-0.4, -0.2) is 21.9 Å². The van der Waals surface area contributed by atoms with Gasteiger partial charge in [-0.1, -0.05) is 12.1 Å². The summed E-state index contributed by atoms with van der Waals surface area (Å²) >= 11 is 3.39. The molecule has 6 nitrogen and oxygen atoms in total. The van der Waals surface area contributed by atoms with E-state index in [1.54, 1.807) is 19.2 Å². The summed E-state index contributed by atoms with van der Waals surface area (Å²) < 4.78 is 0.782. The lowest BCUT2D eigenvalue weighted by atomic mass is 10.2. The number of aryl methyl sites for hydroxylation is 1. The Balaban J connectivity index is 2.56. The fourth-order valence-electron chi connectivity index (χ4n) is 1.61. The second kappa shape index (κ2) is 5.31. The van der Waals surface area contributed by atoms with Gasteiger partial charge in [-0.25, -0.2) is 9.97 Å². The molecule has 0 unspecified atom stereocenters. The second-order valence-electron chi connectivity index (χ2n) is 3.85. The van der Waals surface area contributed by atoms with Crippen molar-refractivity contribution in [1.82, 2.24) is 9.97 Å². The molecule has 1 aromatic heterocycles. The predicted molar refractivity (Wildman–Crippen MR) is 76.1 cm³/mol. The van der Waals surface area contributed by atoms with Crippen LogP contribution in [0, 0.1) is 17.0 Å². The van der Waals surface area contributed by atoms with E-state index < -0.39 is 4.92 Å². The monoisotopic (exact) mass is 322 g/mol. The third-order valence-corrected chi connectivity index (χ3v) is 3.52. The minimum absolute atomic E-state index is 0.0210. The first kappa shape index (κ1) is 13.4. The molecule has 0 saturated carbocycles. The van der Waals surface area contributed by atoms with Gasteiger partial charge in [0.2, 0.25) is 0 Å². The molecule has 0 amide bonds. The van der Waals surface area contributed by atoms with Gasteiger partial charge in [0.1, 0.15) is 5.82 Å². The van der Waals surface area contributed by atoms with E-state index in [-0.39, 0.29) is 5.69 Å². The van der Waals surface area contributed by atoms with Gasteiger partial charge in [0, 0.05) is 24.7 Å². The summed E-state index contributed by atoms with van der Waals surface area (Å²) in [5.41, 5.74) is 1.40. The SMILES string of the molecule is CNc1nc(-c2cccc([N+](=O)[O-])c2)nc(C)c1Br. The molecule has 0 atom stereocenters.